The molecule has 0 radical (unpaired) electrons. The summed E-state index contributed by atoms with van der Waals surface area (Å²) in [6, 6.07) is 16.7. The minimum absolute atomic E-state index is 0.120. The minimum Gasteiger partial charge on any atom is -0.497 e. The van der Waals surface area contributed by atoms with Crippen LogP contribution < -0.4 is 19.7 Å². The summed E-state index contributed by atoms with van der Waals surface area (Å²) >= 11 is 6.65. The van der Waals surface area contributed by atoms with E-state index in [4.69, 9.17) is 9.47 Å². The molecule has 1 N–H and O–H groups in total. The third-order valence-corrected chi connectivity index (χ3v) is 6.01. The van der Waals surface area contributed by atoms with E-state index in [-0.39, 0.29) is 28.1 Å². The first-order valence-electron chi connectivity index (χ1n) is 10.1. The van der Waals surface area contributed by atoms with Crippen molar-refractivity contribution in [2.24, 2.45) is 0 Å². The summed E-state index contributed by atoms with van der Waals surface area (Å²) < 4.78 is 12.0. The molecule has 0 aliphatic carbocycles. The summed E-state index contributed by atoms with van der Waals surface area (Å²) in [6.45, 7) is 0. The van der Waals surface area contributed by atoms with Gasteiger partial charge in [-0.25, -0.2) is 14.5 Å². The van der Waals surface area contributed by atoms with Gasteiger partial charge in [0.2, 0.25) is 0 Å². The lowest BCUT2D eigenvalue weighted by atomic mass is 10.1. The Labute approximate surface area is 216 Å². The largest absolute Gasteiger partial charge is 0.497 e. The molecule has 1 heterocycles. The molecule has 8 nitrogen and oxygen atoms in total. The summed E-state index contributed by atoms with van der Waals surface area (Å²) in [5.74, 6) is -1.61. The van der Waals surface area contributed by atoms with Crippen molar-refractivity contribution in [3.63, 3.8) is 0 Å². The fourth-order valence-electron chi connectivity index (χ4n) is 3.25. The fourth-order valence-corrected chi connectivity index (χ4v) is 3.89. The van der Waals surface area contributed by atoms with E-state index in [1.165, 1.54) is 19.3 Å². The quantitative estimate of drug-likeness (QED) is 0.189. The number of rotatable bonds is 5. The van der Waals surface area contributed by atoms with Crippen LogP contribution >= 0.6 is 31.9 Å². The molecule has 4 rings (SSSR count). The van der Waals surface area contributed by atoms with Crippen LogP contribution in [0.25, 0.3) is 6.08 Å². The predicted molar refractivity (Wildman–Crippen MR) is 135 cm³/mol. The molecule has 3 aromatic rings. The zero-order valence-electron chi connectivity index (χ0n) is 18.1. The zero-order chi connectivity index (χ0) is 25.1. The van der Waals surface area contributed by atoms with Gasteiger partial charge in [0.15, 0.2) is 0 Å². The molecule has 0 atom stereocenters. The number of hydrogen-bond donors (Lipinski definition) is 1. The van der Waals surface area contributed by atoms with Gasteiger partial charge in [-0.1, -0.05) is 31.9 Å². The smallest absolute Gasteiger partial charge is 0.343 e. The van der Waals surface area contributed by atoms with E-state index in [0.717, 1.165) is 9.37 Å². The minimum atomic E-state index is -0.861. The molecule has 3 aromatic carbocycles. The maximum Gasteiger partial charge on any atom is 0.343 e. The lowest BCUT2D eigenvalue weighted by Gasteiger charge is -2.26. The third-order valence-electron chi connectivity index (χ3n) is 4.99. The van der Waals surface area contributed by atoms with Gasteiger partial charge in [-0.3, -0.25) is 14.9 Å². The lowest BCUT2D eigenvalue weighted by molar-refractivity contribution is -0.122. The monoisotopic (exact) mass is 598 g/mol. The van der Waals surface area contributed by atoms with Crippen LogP contribution in [-0.4, -0.2) is 30.9 Å². The molecule has 1 fully saturated rings. The molecule has 0 saturated carbocycles. The number of nitrogens with one attached hydrogen (secondary N) is 1. The highest BCUT2D eigenvalue weighted by atomic mass is 79.9. The molecule has 1 aliphatic rings. The van der Waals surface area contributed by atoms with Crippen molar-refractivity contribution in [2.45, 2.75) is 0 Å². The number of imide groups is 2. The van der Waals surface area contributed by atoms with E-state index < -0.39 is 23.8 Å². The van der Waals surface area contributed by atoms with E-state index in [9.17, 15) is 19.2 Å². The third kappa shape index (κ3) is 5.33. The van der Waals surface area contributed by atoms with E-state index >= 15 is 0 Å². The van der Waals surface area contributed by atoms with Gasteiger partial charge >= 0.3 is 12.0 Å². The first kappa shape index (κ1) is 24.4. The number of carbonyl (C=O) groups is 4. The second kappa shape index (κ2) is 10.2. The summed E-state index contributed by atoms with van der Waals surface area (Å²) in [5.41, 5.74) is 0.553. The van der Waals surface area contributed by atoms with Crippen molar-refractivity contribution in [3.8, 4) is 11.5 Å². The van der Waals surface area contributed by atoms with E-state index in [1.807, 2.05) is 0 Å². The number of ether oxygens (including phenoxy) is 2. The average molecular weight is 600 g/mol. The Morgan fingerprint density at radius 1 is 0.914 bits per heavy atom. The van der Waals surface area contributed by atoms with Crippen LogP contribution in [0.1, 0.15) is 15.9 Å². The second-order valence-electron chi connectivity index (χ2n) is 7.23. The number of benzene rings is 3. The number of methoxy groups -OCH3 is 1. The number of urea groups is 1. The van der Waals surface area contributed by atoms with Crippen LogP contribution in [0.2, 0.25) is 0 Å². The first-order chi connectivity index (χ1) is 16.8. The van der Waals surface area contributed by atoms with Gasteiger partial charge in [0, 0.05) is 14.5 Å². The maximum atomic E-state index is 13.2. The lowest BCUT2D eigenvalue weighted by Crippen LogP contribution is -2.54. The van der Waals surface area contributed by atoms with Gasteiger partial charge in [0.05, 0.1) is 18.4 Å². The molecule has 1 aliphatic heterocycles. The van der Waals surface area contributed by atoms with Gasteiger partial charge < -0.3 is 9.47 Å². The second-order valence-corrected chi connectivity index (χ2v) is 9.07. The van der Waals surface area contributed by atoms with Crippen molar-refractivity contribution in [3.05, 3.63) is 92.4 Å². The molecule has 1 saturated heterocycles. The standard InChI is InChI=1S/C25H16Br2N2O6/c1-34-19-9-2-14(3-10-19)24(32)35-21-11-6-17(27)12-15(21)13-20-22(30)28-25(33)29(23(20)31)18-7-4-16(26)5-8-18/h2-13H,1H3,(H,28,30,33)/b20-13-. The van der Waals surface area contributed by atoms with Gasteiger partial charge in [0.25, 0.3) is 11.8 Å². The summed E-state index contributed by atoms with van der Waals surface area (Å²) in [6.07, 6.45) is 1.28. The van der Waals surface area contributed by atoms with Crippen molar-refractivity contribution in [1.82, 2.24) is 5.32 Å². The molecular weight excluding hydrogens is 584 g/mol. The number of barbiturate groups is 1. The number of nitrogens with zero attached hydrogens (tertiary/aromatic N) is 1. The normalized spacial score (nSPS) is 14.7. The summed E-state index contributed by atoms with van der Waals surface area (Å²) in [5, 5.41) is 2.17. The van der Waals surface area contributed by atoms with Crippen LogP contribution in [0, 0.1) is 0 Å². The molecule has 4 amide bonds. The molecule has 0 aromatic heterocycles. The number of esters is 1. The molecule has 10 heteroatoms. The predicted octanol–water partition coefficient (Wildman–Crippen LogP) is 5.11. The highest BCUT2D eigenvalue weighted by Crippen LogP contribution is 2.29. The van der Waals surface area contributed by atoms with Crippen LogP contribution in [-0.2, 0) is 9.59 Å². The highest BCUT2D eigenvalue weighted by molar-refractivity contribution is 9.10. The zero-order valence-corrected chi connectivity index (χ0v) is 21.3. The number of hydrogen-bond acceptors (Lipinski definition) is 6. The number of carbonyl (C=O) groups excluding carboxylic acids is 4. The van der Waals surface area contributed by atoms with Crippen LogP contribution in [0.4, 0.5) is 10.5 Å². The Balaban J connectivity index is 1.68. The molecular formula is C25H16Br2N2O6. The number of halogens is 2. The van der Waals surface area contributed by atoms with Crippen LogP contribution in [0.5, 0.6) is 11.5 Å². The van der Waals surface area contributed by atoms with Gasteiger partial charge in [0.1, 0.15) is 17.1 Å². The SMILES string of the molecule is COc1ccc(C(=O)Oc2ccc(Br)cc2/C=C2/C(=O)NC(=O)N(c3ccc(Br)cc3)C2=O)cc1. The Kier molecular flexibility index (Phi) is 7.13. The summed E-state index contributed by atoms with van der Waals surface area (Å²) in [4.78, 5) is 51.7. The van der Waals surface area contributed by atoms with Crippen LogP contribution in [0.15, 0.2) is 81.2 Å². The first-order valence-corrected chi connectivity index (χ1v) is 11.7. The molecule has 35 heavy (non-hydrogen) atoms. The van der Waals surface area contributed by atoms with E-state index in [2.05, 4.69) is 37.2 Å². The van der Waals surface area contributed by atoms with E-state index in [0.29, 0.717) is 10.2 Å². The summed E-state index contributed by atoms with van der Waals surface area (Å²) in [7, 11) is 1.52. The van der Waals surface area contributed by atoms with E-state index in [1.54, 1.807) is 60.7 Å². The maximum absolute atomic E-state index is 13.2. The number of amides is 4. The topological polar surface area (TPSA) is 102 Å². The Morgan fingerprint density at radius 2 is 1.57 bits per heavy atom. The number of anilines is 1. The highest BCUT2D eigenvalue weighted by Gasteiger charge is 2.37. The van der Waals surface area contributed by atoms with Gasteiger partial charge in [-0.15, -0.1) is 0 Å². The van der Waals surface area contributed by atoms with Crippen molar-refractivity contribution >= 4 is 67.4 Å². The Morgan fingerprint density at radius 3 is 2.23 bits per heavy atom. The Bertz CT molecular complexity index is 1370. The van der Waals surface area contributed by atoms with Gasteiger partial charge in [-0.2, -0.15) is 0 Å². The van der Waals surface area contributed by atoms with Crippen molar-refractivity contribution in [1.29, 1.82) is 0 Å². The van der Waals surface area contributed by atoms with Crippen molar-refractivity contribution < 1.29 is 28.7 Å². The Hall–Kier alpha value is -3.76. The van der Waals surface area contributed by atoms with Gasteiger partial charge in [-0.05, 0) is 72.8 Å². The molecule has 0 unspecified atom stereocenters. The molecule has 0 spiro atoms. The molecule has 176 valence electrons. The fraction of sp³-hybridized carbons (Fsp3) is 0.0400. The van der Waals surface area contributed by atoms with Crippen LogP contribution in [0.3, 0.4) is 0 Å². The molecule has 0 bridgehead atoms. The average Bonchev–Trinajstić information content (AvgIpc) is 2.84. The van der Waals surface area contributed by atoms with Crippen molar-refractivity contribution in [2.75, 3.05) is 12.0 Å².